The Morgan fingerprint density at radius 1 is 1.33 bits per heavy atom. The molecule has 6 nitrogen and oxygen atoms in total. The van der Waals surface area contributed by atoms with Crippen molar-refractivity contribution >= 4 is 28.3 Å². The lowest BCUT2D eigenvalue weighted by Gasteiger charge is -2.10. The van der Waals surface area contributed by atoms with Crippen LogP contribution in [0.25, 0.3) is 0 Å². The molecule has 0 unspecified atom stereocenters. The summed E-state index contributed by atoms with van der Waals surface area (Å²) in [5.74, 6) is -1.30. The molecule has 2 rings (SSSR count). The lowest BCUT2D eigenvalue weighted by molar-refractivity contribution is -0.136. The number of amides is 1. The fraction of sp³-hybridized carbons (Fsp3) is 0.214. The van der Waals surface area contributed by atoms with Gasteiger partial charge in [0.05, 0.1) is 18.2 Å². The second-order valence-corrected chi connectivity index (χ2v) is 5.36. The predicted octanol–water partition coefficient (Wildman–Crippen LogP) is 1.28. The number of hydrogen-bond acceptors (Lipinski definition) is 5. The number of nitrogens with two attached hydrogens (primary N) is 1. The van der Waals surface area contributed by atoms with Crippen LogP contribution >= 0.6 is 11.3 Å². The van der Waals surface area contributed by atoms with Gasteiger partial charge in [0.1, 0.15) is 0 Å². The first-order valence-electron chi connectivity index (χ1n) is 6.31. The van der Waals surface area contributed by atoms with Crippen molar-refractivity contribution in [2.45, 2.75) is 18.9 Å². The van der Waals surface area contributed by atoms with E-state index in [1.807, 2.05) is 30.3 Å². The normalized spacial score (nSPS) is 11.9. The number of nitrogens with zero attached hydrogens (tertiary/aromatic N) is 1. The van der Waals surface area contributed by atoms with Crippen LogP contribution in [0.4, 0.5) is 5.13 Å². The zero-order valence-electron chi connectivity index (χ0n) is 11.2. The summed E-state index contributed by atoms with van der Waals surface area (Å²) in [6.07, 6.45) is 0.266. The fourth-order valence-electron chi connectivity index (χ4n) is 1.76. The van der Waals surface area contributed by atoms with Gasteiger partial charge < -0.3 is 16.2 Å². The summed E-state index contributed by atoms with van der Waals surface area (Å²) in [5.41, 5.74) is 7.25. The van der Waals surface area contributed by atoms with E-state index < -0.39 is 12.0 Å². The summed E-state index contributed by atoms with van der Waals surface area (Å²) in [5, 5.41) is 13.2. The Balaban J connectivity index is 1.91. The van der Waals surface area contributed by atoms with Crippen molar-refractivity contribution in [2.75, 3.05) is 5.32 Å². The van der Waals surface area contributed by atoms with Gasteiger partial charge in [-0.1, -0.05) is 30.3 Å². The highest BCUT2D eigenvalue weighted by Gasteiger charge is 2.16. The first-order chi connectivity index (χ1) is 10.0. The lowest BCUT2D eigenvalue weighted by Crippen LogP contribution is -2.37. The molecule has 0 aliphatic carbocycles. The molecule has 1 amide bonds. The monoisotopic (exact) mass is 305 g/mol. The average molecular weight is 305 g/mol. The number of thiazole rings is 1. The number of aromatic nitrogens is 1. The van der Waals surface area contributed by atoms with Gasteiger partial charge in [0.2, 0.25) is 5.91 Å². The minimum Gasteiger partial charge on any atom is -0.481 e. The van der Waals surface area contributed by atoms with E-state index in [0.717, 1.165) is 5.56 Å². The Morgan fingerprint density at radius 3 is 2.71 bits per heavy atom. The van der Waals surface area contributed by atoms with E-state index in [-0.39, 0.29) is 12.3 Å². The number of carbonyl (C=O) groups is 2. The van der Waals surface area contributed by atoms with Crippen LogP contribution in [-0.4, -0.2) is 28.0 Å². The van der Waals surface area contributed by atoms with Gasteiger partial charge in [-0.05, 0) is 12.0 Å². The van der Waals surface area contributed by atoms with Crippen molar-refractivity contribution in [3.8, 4) is 0 Å². The predicted molar refractivity (Wildman–Crippen MR) is 80.2 cm³/mol. The van der Waals surface area contributed by atoms with Crippen LogP contribution in [0.1, 0.15) is 11.3 Å². The van der Waals surface area contributed by atoms with Crippen LogP contribution in [0, 0.1) is 0 Å². The number of carboxylic acids is 1. The van der Waals surface area contributed by atoms with Crippen molar-refractivity contribution in [3.05, 3.63) is 47.0 Å². The van der Waals surface area contributed by atoms with Crippen molar-refractivity contribution in [1.82, 2.24) is 4.98 Å². The third-order valence-electron chi connectivity index (χ3n) is 2.75. The maximum absolute atomic E-state index is 12.0. The minimum absolute atomic E-state index is 0.164. The smallest absolute Gasteiger partial charge is 0.309 e. The Kier molecular flexibility index (Phi) is 5.02. The molecule has 110 valence electrons. The van der Waals surface area contributed by atoms with Gasteiger partial charge in [-0.15, -0.1) is 11.3 Å². The van der Waals surface area contributed by atoms with Gasteiger partial charge >= 0.3 is 5.97 Å². The van der Waals surface area contributed by atoms with Gasteiger partial charge in [0, 0.05) is 5.38 Å². The van der Waals surface area contributed by atoms with Crippen LogP contribution in [0.2, 0.25) is 0 Å². The summed E-state index contributed by atoms with van der Waals surface area (Å²) in [7, 11) is 0. The molecule has 4 N–H and O–H groups in total. The Bertz CT molecular complexity index is 627. The number of carboxylic acid groups (broad SMARTS) is 1. The molecule has 0 saturated carbocycles. The molecule has 1 aromatic heterocycles. The van der Waals surface area contributed by atoms with E-state index in [2.05, 4.69) is 10.3 Å². The lowest BCUT2D eigenvalue weighted by atomic mass is 10.1. The highest BCUT2D eigenvalue weighted by Crippen LogP contribution is 2.16. The van der Waals surface area contributed by atoms with Gasteiger partial charge in [0.25, 0.3) is 0 Å². The van der Waals surface area contributed by atoms with E-state index in [1.165, 1.54) is 11.3 Å². The van der Waals surface area contributed by atoms with Crippen LogP contribution in [0.5, 0.6) is 0 Å². The maximum atomic E-state index is 12.0. The molecule has 0 aliphatic rings. The number of anilines is 1. The number of rotatable bonds is 6. The van der Waals surface area contributed by atoms with Crippen molar-refractivity contribution < 1.29 is 14.7 Å². The van der Waals surface area contributed by atoms with Crippen LogP contribution in [0.15, 0.2) is 35.7 Å². The average Bonchev–Trinajstić information content (AvgIpc) is 2.86. The summed E-state index contributed by atoms with van der Waals surface area (Å²) >= 11 is 1.18. The number of benzene rings is 1. The van der Waals surface area contributed by atoms with E-state index >= 15 is 0 Å². The Morgan fingerprint density at radius 2 is 2.05 bits per heavy atom. The van der Waals surface area contributed by atoms with Gasteiger partial charge in [0.15, 0.2) is 5.13 Å². The Hall–Kier alpha value is -2.25. The molecule has 0 spiro atoms. The van der Waals surface area contributed by atoms with Crippen molar-refractivity contribution in [1.29, 1.82) is 0 Å². The van der Waals surface area contributed by atoms with Crippen LogP contribution in [0.3, 0.4) is 0 Å². The van der Waals surface area contributed by atoms with Crippen LogP contribution in [-0.2, 0) is 22.4 Å². The van der Waals surface area contributed by atoms with Gasteiger partial charge in [-0.3, -0.25) is 9.59 Å². The molecule has 1 aromatic carbocycles. The number of nitrogens with one attached hydrogen (secondary N) is 1. The minimum atomic E-state index is -0.959. The van der Waals surface area contributed by atoms with E-state index in [9.17, 15) is 9.59 Å². The quantitative estimate of drug-likeness (QED) is 0.745. The first kappa shape index (κ1) is 15.1. The molecule has 2 aromatic rings. The van der Waals surface area contributed by atoms with E-state index in [1.54, 1.807) is 5.38 Å². The fourth-order valence-corrected chi connectivity index (χ4v) is 2.47. The third-order valence-corrected chi connectivity index (χ3v) is 3.56. The summed E-state index contributed by atoms with van der Waals surface area (Å²) in [6.45, 7) is 0. The summed E-state index contributed by atoms with van der Waals surface area (Å²) in [4.78, 5) is 26.6. The SMILES string of the molecule is N[C@@H](Cc1ccccc1)C(=O)Nc1nc(CC(=O)O)cs1. The zero-order valence-corrected chi connectivity index (χ0v) is 12.0. The number of aliphatic carboxylic acids is 1. The second-order valence-electron chi connectivity index (χ2n) is 4.50. The number of hydrogen-bond donors (Lipinski definition) is 3. The van der Waals surface area contributed by atoms with Crippen molar-refractivity contribution in [3.63, 3.8) is 0 Å². The highest BCUT2D eigenvalue weighted by molar-refractivity contribution is 7.13. The molecule has 0 radical (unpaired) electrons. The summed E-state index contributed by atoms with van der Waals surface area (Å²) in [6, 6.07) is 8.80. The Labute approximate surface area is 125 Å². The maximum Gasteiger partial charge on any atom is 0.309 e. The zero-order chi connectivity index (χ0) is 15.2. The molecule has 1 heterocycles. The molecule has 0 fully saturated rings. The highest BCUT2D eigenvalue weighted by atomic mass is 32.1. The third kappa shape index (κ3) is 4.66. The second kappa shape index (κ2) is 6.96. The molecule has 21 heavy (non-hydrogen) atoms. The molecular weight excluding hydrogens is 290 g/mol. The topological polar surface area (TPSA) is 105 Å². The molecule has 7 heteroatoms. The number of carbonyl (C=O) groups excluding carboxylic acids is 1. The van der Waals surface area contributed by atoms with Gasteiger partial charge in [-0.2, -0.15) is 0 Å². The molecular formula is C14H15N3O3S. The molecule has 0 aliphatic heterocycles. The first-order valence-corrected chi connectivity index (χ1v) is 7.19. The van der Waals surface area contributed by atoms with Gasteiger partial charge in [-0.25, -0.2) is 4.98 Å². The van der Waals surface area contributed by atoms with Crippen molar-refractivity contribution in [2.24, 2.45) is 5.73 Å². The molecule has 1 atom stereocenters. The largest absolute Gasteiger partial charge is 0.481 e. The van der Waals surface area contributed by atoms with Crippen LogP contribution < -0.4 is 11.1 Å². The molecule has 0 bridgehead atoms. The summed E-state index contributed by atoms with van der Waals surface area (Å²) < 4.78 is 0. The van der Waals surface area contributed by atoms with E-state index in [4.69, 9.17) is 10.8 Å². The molecule has 0 saturated heterocycles. The standard InChI is InChI=1S/C14H15N3O3S/c15-11(6-9-4-2-1-3-5-9)13(20)17-14-16-10(8-21-14)7-12(18)19/h1-5,8,11H,6-7,15H2,(H,18,19)(H,16,17,20)/t11-/m0/s1. The van der Waals surface area contributed by atoms with E-state index in [0.29, 0.717) is 17.2 Å².